The number of hydrogen-bond acceptors (Lipinski definition) is 6. The highest BCUT2D eigenvalue weighted by Crippen LogP contribution is 2.29. The molecule has 170 valence electrons. The Morgan fingerprint density at radius 1 is 1.21 bits per heavy atom. The van der Waals surface area contributed by atoms with Gasteiger partial charge in [0, 0.05) is 39.0 Å². The van der Waals surface area contributed by atoms with Crippen LogP contribution in [0.3, 0.4) is 0 Å². The summed E-state index contributed by atoms with van der Waals surface area (Å²) >= 11 is 0. The van der Waals surface area contributed by atoms with Crippen LogP contribution in [0.5, 0.6) is 0 Å². The minimum atomic E-state index is -0.381. The quantitative estimate of drug-likeness (QED) is 0.503. The van der Waals surface area contributed by atoms with Crippen LogP contribution in [0.4, 0.5) is 4.39 Å². The van der Waals surface area contributed by atoms with Gasteiger partial charge in [0.1, 0.15) is 29.6 Å². The Kier molecular flexibility index (Phi) is 5.59. The first kappa shape index (κ1) is 21.2. The minimum Gasteiger partial charge on any atom is -0.370 e. The number of amides is 1. The number of nitrogens with one attached hydrogen (secondary N) is 1. The maximum Gasteiger partial charge on any atom is 0.272 e. The molecule has 0 bridgehead atoms. The van der Waals surface area contributed by atoms with E-state index in [0.29, 0.717) is 28.9 Å². The van der Waals surface area contributed by atoms with E-state index in [1.54, 1.807) is 17.9 Å². The summed E-state index contributed by atoms with van der Waals surface area (Å²) in [6.07, 6.45) is 7.68. The van der Waals surface area contributed by atoms with Gasteiger partial charge in [-0.3, -0.25) is 9.48 Å². The fourth-order valence-corrected chi connectivity index (χ4v) is 4.21. The van der Waals surface area contributed by atoms with Gasteiger partial charge < -0.3 is 14.6 Å². The minimum absolute atomic E-state index is 0.118. The lowest BCUT2D eigenvalue weighted by molar-refractivity contribution is 0.00815. The Morgan fingerprint density at radius 2 is 2.09 bits per heavy atom. The molecule has 1 fully saturated rings. The van der Waals surface area contributed by atoms with Crippen molar-refractivity contribution in [3.8, 4) is 11.1 Å². The molecule has 0 radical (unpaired) electrons. The third-order valence-corrected chi connectivity index (χ3v) is 5.83. The van der Waals surface area contributed by atoms with E-state index in [0.717, 1.165) is 30.7 Å². The van der Waals surface area contributed by atoms with Gasteiger partial charge in [0.05, 0.1) is 6.20 Å². The second kappa shape index (κ2) is 8.70. The summed E-state index contributed by atoms with van der Waals surface area (Å²) in [5.41, 5.74) is 3.35. The van der Waals surface area contributed by atoms with Crippen LogP contribution in [0.25, 0.3) is 22.3 Å². The Labute approximate surface area is 189 Å². The Hall–Kier alpha value is -3.66. The van der Waals surface area contributed by atoms with E-state index >= 15 is 0 Å². The molecule has 0 aliphatic carbocycles. The average Bonchev–Trinajstić information content (AvgIpc) is 3.41. The highest BCUT2D eigenvalue weighted by atomic mass is 19.1. The fourth-order valence-electron chi connectivity index (χ4n) is 4.21. The van der Waals surface area contributed by atoms with Crippen molar-refractivity contribution in [2.45, 2.75) is 31.9 Å². The number of rotatable bonds is 5. The molecule has 0 saturated carbocycles. The van der Waals surface area contributed by atoms with Crippen molar-refractivity contribution in [1.82, 2.24) is 34.6 Å². The van der Waals surface area contributed by atoms with Crippen molar-refractivity contribution >= 4 is 17.1 Å². The summed E-state index contributed by atoms with van der Waals surface area (Å²) in [5.74, 6) is -0.0204. The topological polar surface area (TPSA) is 99.8 Å². The Balaban J connectivity index is 1.39. The summed E-state index contributed by atoms with van der Waals surface area (Å²) in [6, 6.07) is 4.68. The summed E-state index contributed by atoms with van der Waals surface area (Å²) in [7, 11) is 3.64. The lowest BCUT2D eigenvalue weighted by atomic mass is 10.1. The third-order valence-electron chi connectivity index (χ3n) is 5.83. The molecule has 0 spiro atoms. The van der Waals surface area contributed by atoms with Crippen molar-refractivity contribution < 1.29 is 13.9 Å². The van der Waals surface area contributed by atoms with E-state index < -0.39 is 0 Å². The molecule has 1 unspecified atom stereocenters. The van der Waals surface area contributed by atoms with Crippen LogP contribution in [-0.4, -0.2) is 41.8 Å². The second-order valence-electron chi connectivity index (χ2n) is 8.21. The van der Waals surface area contributed by atoms with E-state index in [-0.39, 0.29) is 30.1 Å². The molecule has 1 aliphatic heterocycles. The first-order chi connectivity index (χ1) is 16.0. The van der Waals surface area contributed by atoms with Crippen LogP contribution in [0.2, 0.25) is 0 Å². The molecule has 4 aromatic rings. The van der Waals surface area contributed by atoms with Gasteiger partial charge in [0.15, 0.2) is 11.3 Å². The zero-order valence-electron chi connectivity index (χ0n) is 18.5. The van der Waals surface area contributed by atoms with Gasteiger partial charge in [-0.15, -0.1) is 0 Å². The van der Waals surface area contributed by atoms with E-state index in [2.05, 4.69) is 25.4 Å². The number of benzene rings is 1. The van der Waals surface area contributed by atoms with Gasteiger partial charge in [0.25, 0.3) is 5.91 Å². The predicted molar refractivity (Wildman–Crippen MR) is 119 cm³/mol. The van der Waals surface area contributed by atoms with Crippen molar-refractivity contribution in [2.24, 2.45) is 14.1 Å². The number of hydrogen-bond donors (Lipinski definition) is 1. The summed E-state index contributed by atoms with van der Waals surface area (Å²) in [4.78, 5) is 26.1. The first-order valence-electron chi connectivity index (χ1n) is 10.8. The summed E-state index contributed by atoms with van der Waals surface area (Å²) < 4.78 is 23.6. The summed E-state index contributed by atoms with van der Waals surface area (Å²) in [5, 5.41) is 6.98. The zero-order chi connectivity index (χ0) is 22.9. The molecular weight excluding hydrogens is 425 g/mol. The molecule has 3 aromatic heterocycles. The maximum absolute atomic E-state index is 14.2. The molecular formula is C23H24FN7O2. The van der Waals surface area contributed by atoms with Crippen molar-refractivity contribution in [3.63, 3.8) is 0 Å². The lowest BCUT2D eigenvalue weighted by Crippen LogP contribution is -2.25. The van der Waals surface area contributed by atoms with Gasteiger partial charge in [-0.25, -0.2) is 19.3 Å². The maximum atomic E-state index is 14.2. The number of fused-ring (bicyclic) bond motifs is 1. The molecule has 1 aliphatic rings. The van der Waals surface area contributed by atoms with E-state index in [1.807, 2.05) is 23.9 Å². The van der Waals surface area contributed by atoms with Gasteiger partial charge in [-0.1, -0.05) is 0 Å². The lowest BCUT2D eigenvalue weighted by Gasteiger charge is -2.21. The standard InChI is InChI=1S/C23H24FN7O2/c1-30-12-16(11-28-30)15-7-14(8-17(24)9-15)10-25-23(32)19-20-21(27-13-26-19)29-22(31(20)2)18-5-3-4-6-33-18/h7-9,11-13,18H,3-6,10H2,1-2H3,(H,25,32). The average molecular weight is 449 g/mol. The third kappa shape index (κ3) is 4.21. The Morgan fingerprint density at radius 3 is 2.85 bits per heavy atom. The first-order valence-corrected chi connectivity index (χ1v) is 10.8. The number of aryl methyl sites for hydroxylation is 2. The second-order valence-corrected chi connectivity index (χ2v) is 8.21. The van der Waals surface area contributed by atoms with E-state index in [4.69, 9.17) is 4.74 Å². The van der Waals surface area contributed by atoms with Gasteiger partial charge >= 0.3 is 0 Å². The van der Waals surface area contributed by atoms with Crippen LogP contribution in [0, 0.1) is 5.82 Å². The highest BCUT2D eigenvalue weighted by Gasteiger charge is 2.25. The normalized spacial score (nSPS) is 16.3. The number of aromatic nitrogens is 6. The fraction of sp³-hybridized carbons (Fsp3) is 0.348. The number of imidazole rings is 1. The number of halogens is 1. The SMILES string of the molecule is Cn1cc(-c2cc(F)cc(CNC(=O)c3ncnc4nc(C5CCCCO5)n(C)c34)c2)cn1. The van der Waals surface area contributed by atoms with Gasteiger partial charge in [0.2, 0.25) is 0 Å². The van der Waals surface area contributed by atoms with Gasteiger partial charge in [-0.2, -0.15) is 5.10 Å². The molecule has 33 heavy (non-hydrogen) atoms. The summed E-state index contributed by atoms with van der Waals surface area (Å²) in [6.45, 7) is 0.841. The van der Waals surface area contributed by atoms with Crippen LogP contribution in [0.15, 0.2) is 36.9 Å². The number of carbonyl (C=O) groups is 1. The van der Waals surface area contributed by atoms with E-state index in [1.165, 1.54) is 18.5 Å². The molecule has 10 heteroatoms. The number of carbonyl (C=O) groups excluding carboxylic acids is 1. The van der Waals surface area contributed by atoms with Crippen LogP contribution < -0.4 is 5.32 Å². The van der Waals surface area contributed by atoms with Crippen molar-refractivity contribution in [2.75, 3.05) is 6.61 Å². The predicted octanol–water partition coefficient (Wildman–Crippen LogP) is 3.07. The molecule has 1 saturated heterocycles. The molecule has 9 nitrogen and oxygen atoms in total. The van der Waals surface area contributed by atoms with Crippen LogP contribution in [-0.2, 0) is 25.4 Å². The smallest absolute Gasteiger partial charge is 0.272 e. The molecule has 4 heterocycles. The zero-order valence-corrected chi connectivity index (χ0v) is 18.5. The molecule has 1 aromatic carbocycles. The number of ether oxygens (including phenoxy) is 1. The van der Waals surface area contributed by atoms with Crippen LogP contribution in [0.1, 0.15) is 47.2 Å². The Bertz CT molecular complexity index is 1320. The van der Waals surface area contributed by atoms with Gasteiger partial charge in [-0.05, 0) is 48.6 Å². The molecule has 1 amide bonds. The molecule has 1 N–H and O–H groups in total. The van der Waals surface area contributed by atoms with Crippen molar-refractivity contribution in [3.05, 3.63) is 59.8 Å². The molecule has 5 rings (SSSR count). The molecule has 1 atom stereocenters. The van der Waals surface area contributed by atoms with Crippen LogP contribution >= 0.6 is 0 Å². The largest absolute Gasteiger partial charge is 0.370 e. The number of nitrogens with zero attached hydrogens (tertiary/aromatic N) is 6. The van der Waals surface area contributed by atoms with Crippen molar-refractivity contribution in [1.29, 1.82) is 0 Å². The monoisotopic (exact) mass is 449 g/mol. The van der Waals surface area contributed by atoms with E-state index in [9.17, 15) is 9.18 Å². The highest BCUT2D eigenvalue weighted by molar-refractivity contribution is 6.02.